The summed E-state index contributed by atoms with van der Waals surface area (Å²) in [6.45, 7) is 3.27. The number of hydrogen-bond donors (Lipinski definition) is 1. The molecule has 0 saturated carbocycles. The first-order chi connectivity index (χ1) is 14.0. The highest BCUT2D eigenvalue weighted by atomic mass is 32.1. The molecule has 1 fully saturated rings. The van der Waals surface area contributed by atoms with Crippen molar-refractivity contribution in [3.63, 3.8) is 0 Å². The lowest BCUT2D eigenvalue weighted by molar-refractivity contribution is -0.137. The maximum atomic E-state index is 13.4. The molecule has 30 heavy (non-hydrogen) atoms. The Morgan fingerprint density at radius 2 is 1.80 bits per heavy atom. The molecule has 0 N–H and O–H groups in total. The lowest BCUT2D eigenvalue weighted by Gasteiger charge is -2.33. The number of carbonyl (C=O) groups excluding carboxylic acids is 1. The van der Waals surface area contributed by atoms with Gasteiger partial charge in [0, 0.05) is 22.0 Å². The van der Waals surface area contributed by atoms with Gasteiger partial charge in [-0.2, -0.15) is 18.4 Å². The summed E-state index contributed by atoms with van der Waals surface area (Å²) in [5.74, 6) is -0.459. The van der Waals surface area contributed by atoms with Crippen molar-refractivity contribution in [3.8, 4) is 6.07 Å². The fraction of sp³-hybridized carbons (Fsp3) is 0.263. The van der Waals surface area contributed by atoms with E-state index in [4.69, 9.17) is 10.8 Å². The number of nitrogens with zero attached hydrogens (tertiary/aromatic N) is 6. The lowest BCUT2D eigenvalue weighted by Crippen LogP contribution is -2.44. The molecular formula is C19H15F3N6OS. The highest BCUT2D eigenvalue weighted by molar-refractivity contribution is 7.81. The SMILES string of the molecule is CC1(C)C(=O)N(c2ccc(C#N)c(C(F)(F)F)c2)C(S)N1c1ccc(N=[N+]=[N-])cc1. The maximum absolute atomic E-state index is 13.4. The molecule has 11 heteroatoms. The number of nitriles is 1. The first-order valence-corrected chi connectivity index (χ1v) is 9.11. The smallest absolute Gasteiger partial charge is 0.328 e. The Balaban J connectivity index is 2.07. The predicted octanol–water partition coefficient (Wildman–Crippen LogP) is 5.36. The van der Waals surface area contributed by atoms with Crippen molar-refractivity contribution in [2.45, 2.75) is 31.1 Å². The van der Waals surface area contributed by atoms with Crippen LogP contribution in [0.4, 0.5) is 30.2 Å². The van der Waals surface area contributed by atoms with Crippen molar-refractivity contribution in [2.75, 3.05) is 9.80 Å². The first kappa shape index (κ1) is 21.4. The Morgan fingerprint density at radius 1 is 1.20 bits per heavy atom. The number of amides is 1. The van der Waals surface area contributed by atoms with E-state index in [2.05, 4.69) is 22.7 Å². The summed E-state index contributed by atoms with van der Waals surface area (Å²) in [6, 6.07) is 11.0. The normalized spacial score (nSPS) is 18.2. The molecule has 1 heterocycles. The van der Waals surface area contributed by atoms with Crippen LogP contribution in [-0.4, -0.2) is 16.9 Å². The molecular weight excluding hydrogens is 417 g/mol. The molecule has 2 aromatic rings. The molecule has 1 aliphatic rings. The summed E-state index contributed by atoms with van der Waals surface area (Å²) in [6.07, 6.45) is -4.75. The standard InChI is InChI=1S/C19H15F3N6OS/c1-18(2)16(29)27(14-6-3-11(10-23)15(9-14)19(20,21)22)17(30)28(18)13-7-4-12(5-8-13)25-26-24/h3-9,17,30H,1-2H3. The molecule has 1 unspecified atom stereocenters. The molecule has 3 rings (SSSR count). The van der Waals surface area contributed by atoms with Gasteiger partial charge in [0.1, 0.15) is 5.54 Å². The number of benzene rings is 2. The van der Waals surface area contributed by atoms with Gasteiger partial charge < -0.3 is 4.90 Å². The molecule has 0 aromatic heterocycles. The fourth-order valence-corrected chi connectivity index (χ4v) is 4.02. The van der Waals surface area contributed by atoms with Crippen molar-refractivity contribution < 1.29 is 18.0 Å². The van der Waals surface area contributed by atoms with E-state index < -0.39 is 34.2 Å². The topological polar surface area (TPSA) is 96.1 Å². The van der Waals surface area contributed by atoms with Crippen LogP contribution in [0.3, 0.4) is 0 Å². The highest BCUT2D eigenvalue weighted by Gasteiger charge is 2.51. The summed E-state index contributed by atoms with van der Waals surface area (Å²) in [5, 5.41) is 12.5. The van der Waals surface area contributed by atoms with Gasteiger partial charge in [0.25, 0.3) is 5.91 Å². The minimum Gasteiger partial charge on any atom is -0.328 e. The molecule has 154 valence electrons. The average molecular weight is 432 g/mol. The maximum Gasteiger partial charge on any atom is 0.417 e. The van der Waals surface area contributed by atoms with Crippen LogP contribution in [0.5, 0.6) is 0 Å². The number of alkyl halides is 3. The van der Waals surface area contributed by atoms with E-state index in [1.165, 1.54) is 12.1 Å². The van der Waals surface area contributed by atoms with E-state index in [-0.39, 0.29) is 5.69 Å². The van der Waals surface area contributed by atoms with Crippen LogP contribution < -0.4 is 9.80 Å². The van der Waals surface area contributed by atoms with Gasteiger partial charge in [-0.05, 0) is 49.7 Å². The number of carbonyl (C=O) groups is 1. The number of rotatable bonds is 3. The average Bonchev–Trinajstić information content (AvgIpc) is 2.86. The molecule has 0 spiro atoms. The quantitative estimate of drug-likeness (QED) is 0.306. The molecule has 0 aliphatic carbocycles. The minimum absolute atomic E-state index is 0.0207. The molecule has 0 bridgehead atoms. The van der Waals surface area contributed by atoms with E-state index in [1.807, 2.05) is 0 Å². The second-order valence-electron chi connectivity index (χ2n) is 7.00. The van der Waals surface area contributed by atoms with Gasteiger partial charge in [-0.25, -0.2) is 0 Å². The number of azide groups is 1. The van der Waals surface area contributed by atoms with Crippen molar-refractivity contribution in [2.24, 2.45) is 5.11 Å². The summed E-state index contributed by atoms with van der Waals surface area (Å²) >= 11 is 4.50. The molecule has 0 radical (unpaired) electrons. The summed E-state index contributed by atoms with van der Waals surface area (Å²) in [4.78, 5) is 18.6. The Bertz CT molecular complexity index is 1090. The van der Waals surface area contributed by atoms with Gasteiger partial charge >= 0.3 is 6.18 Å². The summed E-state index contributed by atoms with van der Waals surface area (Å²) in [7, 11) is 0. The van der Waals surface area contributed by atoms with E-state index >= 15 is 0 Å². The van der Waals surface area contributed by atoms with Crippen molar-refractivity contribution in [1.29, 1.82) is 5.26 Å². The van der Waals surface area contributed by atoms with Gasteiger partial charge in [0.15, 0.2) is 5.50 Å². The van der Waals surface area contributed by atoms with E-state index in [0.717, 1.165) is 17.0 Å². The largest absolute Gasteiger partial charge is 0.417 e. The number of hydrogen-bond acceptors (Lipinski definition) is 5. The van der Waals surface area contributed by atoms with E-state index in [0.29, 0.717) is 11.4 Å². The molecule has 2 aromatic carbocycles. The van der Waals surface area contributed by atoms with Crippen LogP contribution in [-0.2, 0) is 11.0 Å². The molecule has 1 atom stereocenters. The van der Waals surface area contributed by atoms with Crippen LogP contribution in [0.1, 0.15) is 25.0 Å². The number of thiol groups is 1. The predicted molar refractivity (Wildman–Crippen MR) is 108 cm³/mol. The Labute approximate surface area is 175 Å². The number of halogens is 3. The van der Waals surface area contributed by atoms with Crippen LogP contribution in [0, 0.1) is 11.3 Å². The van der Waals surface area contributed by atoms with Crippen LogP contribution in [0.2, 0.25) is 0 Å². The van der Waals surface area contributed by atoms with Gasteiger partial charge in [0.05, 0.1) is 17.2 Å². The zero-order valence-electron chi connectivity index (χ0n) is 15.8. The Kier molecular flexibility index (Phi) is 5.33. The highest BCUT2D eigenvalue weighted by Crippen LogP contribution is 2.42. The Morgan fingerprint density at radius 3 is 2.33 bits per heavy atom. The van der Waals surface area contributed by atoms with Crippen LogP contribution >= 0.6 is 12.6 Å². The molecule has 7 nitrogen and oxygen atoms in total. The Hall–Kier alpha value is -3.35. The summed E-state index contributed by atoms with van der Waals surface area (Å²) in [5.41, 5.74) is 5.76. The second kappa shape index (κ2) is 7.48. The fourth-order valence-electron chi connectivity index (χ4n) is 3.36. The molecule has 1 aliphatic heterocycles. The molecule has 1 saturated heterocycles. The first-order valence-electron chi connectivity index (χ1n) is 8.60. The van der Waals surface area contributed by atoms with Crippen LogP contribution in [0.15, 0.2) is 47.6 Å². The molecule has 1 amide bonds. The zero-order valence-corrected chi connectivity index (χ0v) is 16.7. The van der Waals surface area contributed by atoms with Gasteiger partial charge in [-0.1, -0.05) is 17.2 Å². The van der Waals surface area contributed by atoms with Crippen LogP contribution in [0.25, 0.3) is 10.4 Å². The van der Waals surface area contributed by atoms with Crippen molar-refractivity contribution in [1.82, 2.24) is 0 Å². The second-order valence-corrected chi connectivity index (χ2v) is 7.46. The zero-order chi connectivity index (χ0) is 22.3. The number of anilines is 2. The third-order valence-corrected chi connectivity index (χ3v) is 5.26. The van der Waals surface area contributed by atoms with E-state index in [9.17, 15) is 18.0 Å². The van der Waals surface area contributed by atoms with Gasteiger partial charge in [-0.3, -0.25) is 9.69 Å². The third-order valence-electron chi connectivity index (χ3n) is 4.80. The van der Waals surface area contributed by atoms with Gasteiger partial charge in [-0.15, -0.1) is 12.6 Å². The van der Waals surface area contributed by atoms with Crippen molar-refractivity contribution in [3.05, 3.63) is 64.0 Å². The lowest BCUT2D eigenvalue weighted by atomic mass is 10.0. The monoisotopic (exact) mass is 432 g/mol. The van der Waals surface area contributed by atoms with Gasteiger partial charge in [0.2, 0.25) is 0 Å². The van der Waals surface area contributed by atoms with E-state index in [1.54, 1.807) is 43.0 Å². The summed E-state index contributed by atoms with van der Waals surface area (Å²) < 4.78 is 40.1. The third kappa shape index (κ3) is 3.51. The van der Waals surface area contributed by atoms with Crippen molar-refractivity contribution >= 4 is 35.6 Å². The minimum atomic E-state index is -4.75.